The Bertz CT molecular complexity index is 218. The molecular formula is C11H17NO2. The molecule has 3 heteroatoms. The number of ether oxygens (including phenoxy) is 2. The lowest BCUT2D eigenvalue weighted by Crippen LogP contribution is -2.20. The highest BCUT2D eigenvalue weighted by atomic mass is 16.7. The maximum absolute atomic E-state index is 8.86. The molecule has 14 heavy (non-hydrogen) atoms. The SMILES string of the molecule is N#CC1CCCC(CC2OCCO2)C1. The normalized spacial score (nSPS) is 34.2. The third-order valence-corrected chi connectivity index (χ3v) is 3.18. The fraction of sp³-hybridized carbons (Fsp3) is 0.909. The summed E-state index contributed by atoms with van der Waals surface area (Å²) in [5.74, 6) is 0.909. The summed E-state index contributed by atoms with van der Waals surface area (Å²) in [6.45, 7) is 1.47. The molecule has 1 saturated carbocycles. The van der Waals surface area contributed by atoms with Crippen LogP contribution in [0.15, 0.2) is 0 Å². The Morgan fingerprint density at radius 2 is 2.00 bits per heavy atom. The summed E-state index contributed by atoms with van der Waals surface area (Å²) in [6, 6.07) is 2.38. The lowest BCUT2D eigenvalue weighted by molar-refractivity contribution is -0.0606. The van der Waals surface area contributed by atoms with E-state index < -0.39 is 0 Å². The van der Waals surface area contributed by atoms with Crippen molar-refractivity contribution in [3.05, 3.63) is 0 Å². The Morgan fingerprint density at radius 1 is 1.21 bits per heavy atom. The minimum absolute atomic E-state index is 0.0115. The second kappa shape index (κ2) is 4.77. The standard InChI is InChI=1S/C11H17NO2/c12-8-10-3-1-2-9(6-10)7-11-13-4-5-14-11/h9-11H,1-7H2. The van der Waals surface area contributed by atoms with Crippen molar-refractivity contribution >= 4 is 0 Å². The van der Waals surface area contributed by atoms with Gasteiger partial charge in [0, 0.05) is 12.3 Å². The van der Waals surface area contributed by atoms with E-state index in [2.05, 4.69) is 6.07 Å². The van der Waals surface area contributed by atoms with Gasteiger partial charge in [-0.2, -0.15) is 5.26 Å². The number of hydrogen-bond donors (Lipinski definition) is 0. The predicted molar refractivity (Wildman–Crippen MR) is 51.4 cm³/mol. The maximum atomic E-state index is 8.86. The van der Waals surface area contributed by atoms with Gasteiger partial charge in [0.2, 0.25) is 0 Å². The van der Waals surface area contributed by atoms with Crippen LogP contribution in [-0.4, -0.2) is 19.5 Å². The van der Waals surface area contributed by atoms with Gasteiger partial charge in [0.15, 0.2) is 6.29 Å². The highest BCUT2D eigenvalue weighted by Gasteiger charge is 2.26. The van der Waals surface area contributed by atoms with Gasteiger partial charge in [0.05, 0.1) is 19.3 Å². The largest absolute Gasteiger partial charge is 0.350 e. The van der Waals surface area contributed by atoms with Crippen molar-refractivity contribution in [1.29, 1.82) is 5.26 Å². The first kappa shape index (κ1) is 9.95. The molecule has 2 rings (SSSR count). The van der Waals surface area contributed by atoms with Crippen LogP contribution < -0.4 is 0 Å². The van der Waals surface area contributed by atoms with E-state index in [1.54, 1.807) is 0 Å². The van der Waals surface area contributed by atoms with Crippen LogP contribution in [0.3, 0.4) is 0 Å². The molecule has 1 saturated heterocycles. The summed E-state index contributed by atoms with van der Waals surface area (Å²) in [4.78, 5) is 0. The molecule has 0 bridgehead atoms. The molecule has 0 aromatic carbocycles. The third kappa shape index (κ3) is 2.46. The van der Waals surface area contributed by atoms with Crippen molar-refractivity contribution in [2.24, 2.45) is 11.8 Å². The van der Waals surface area contributed by atoms with E-state index in [4.69, 9.17) is 14.7 Å². The molecule has 2 fully saturated rings. The molecule has 0 amide bonds. The first-order valence-corrected chi connectivity index (χ1v) is 5.51. The Kier molecular flexibility index (Phi) is 3.39. The molecule has 0 spiro atoms. The highest BCUT2D eigenvalue weighted by molar-refractivity contribution is 4.88. The quantitative estimate of drug-likeness (QED) is 0.677. The molecule has 0 radical (unpaired) electrons. The van der Waals surface area contributed by atoms with E-state index >= 15 is 0 Å². The van der Waals surface area contributed by atoms with Gasteiger partial charge in [-0.1, -0.05) is 12.8 Å². The topological polar surface area (TPSA) is 42.2 Å². The average Bonchev–Trinajstić information content (AvgIpc) is 2.71. The molecule has 3 nitrogen and oxygen atoms in total. The van der Waals surface area contributed by atoms with Gasteiger partial charge in [0.25, 0.3) is 0 Å². The second-order valence-electron chi connectivity index (χ2n) is 4.27. The summed E-state index contributed by atoms with van der Waals surface area (Å²) >= 11 is 0. The summed E-state index contributed by atoms with van der Waals surface area (Å²) in [6.07, 6.45) is 5.55. The molecule has 1 aliphatic heterocycles. The van der Waals surface area contributed by atoms with Crippen molar-refractivity contribution in [2.75, 3.05) is 13.2 Å². The number of nitriles is 1. The van der Waals surface area contributed by atoms with Gasteiger partial charge in [-0.05, 0) is 18.8 Å². The van der Waals surface area contributed by atoms with Crippen molar-refractivity contribution in [3.63, 3.8) is 0 Å². The third-order valence-electron chi connectivity index (χ3n) is 3.18. The summed E-state index contributed by atoms with van der Waals surface area (Å²) in [5.41, 5.74) is 0. The number of hydrogen-bond acceptors (Lipinski definition) is 3. The molecule has 78 valence electrons. The zero-order valence-corrected chi connectivity index (χ0v) is 8.45. The van der Waals surface area contributed by atoms with E-state index in [0.29, 0.717) is 5.92 Å². The average molecular weight is 195 g/mol. The number of rotatable bonds is 2. The van der Waals surface area contributed by atoms with Crippen LogP contribution in [0.5, 0.6) is 0 Å². The van der Waals surface area contributed by atoms with Crippen molar-refractivity contribution in [3.8, 4) is 6.07 Å². The second-order valence-corrected chi connectivity index (χ2v) is 4.27. The van der Waals surface area contributed by atoms with Crippen molar-refractivity contribution in [2.45, 2.75) is 38.4 Å². The fourth-order valence-electron chi connectivity index (χ4n) is 2.44. The van der Waals surface area contributed by atoms with Crippen LogP contribution in [0.4, 0.5) is 0 Å². The van der Waals surface area contributed by atoms with Gasteiger partial charge in [-0.3, -0.25) is 0 Å². The monoisotopic (exact) mass is 195 g/mol. The summed E-state index contributed by atoms with van der Waals surface area (Å²) in [5, 5.41) is 8.86. The molecule has 2 aliphatic rings. The van der Waals surface area contributed by atoms with Gasteiger partial charge in [-0.15, -0.1) is 0 Å². The zero-order valence-electron chi connectivity index (χ0n) is 8.45. The first-order valence-electron chi connectivity index (χ1n) is 5.51. The van der Waals surface area contributed by atoms with E-state index in [1.165, 1.54) is 12.8 Å². The van der Waals surface area contributed by atoms with E-state index in [0.717, 1.165) is 32.5 Å². The maximum Gasteiger partial charge on any atom is 0.158 e. The van der Waals surface area contributed by atoms with Crippen LogP contribution in [0, 0.1) is 23.2 Å². The molecule has 0 aromatic rings. The van der Waals surface area contributed by atoms with E-state index in [9.17, 15) is 0 Å². The van der Waals surface area contributed by atoms with Crippen LogP contribution in [-0.2, 0) is 9.47 Å². The highest BCUT2D eigenvalue weighted by Crippen LogP contribution is 2.32. The Hall–Kier alpha value is -0.590. The molecule has 0 N–H and O–H groups in total. The van der Waals surface area contributed by atoms with E-state index in [1.807, 2.05) is 0 Å². The van der Waals surface area contributed by atoms with E-state index in [-0.39, 0.29) is 12.2 Å². The summed E-state index contributed by atoms with van der Waals surface area (Å²) < 4.78 is 10.8. The Balaban J connectivity index is 1.77. The zero-order chi connectivity index (χ0) is 9.80. The van der Waals surface area contributed by atoms with Crippen LogP contribution in [0.2, 0.25) is 0 Å². The van der Waals surface area contributed by atoms with Crippen molar-refractivity contribution in [1.82, 2.24) is 0 Å². The van der Waals surface area contributed by atoms with Crippen molar-refractivity contribution < 1.29 is 9.47 Å². The fourth-order valence-corrected chi connectivity index (χ4v) is 2.44. The molecule has 1 aliphatic carbocycles. The Labute approximate surface area is 85.0 Å². The molecule has 2 atom stereocenters. The van der Waals surface area contributed by atoms with Crippen LogP contribution in [0.25, 0.3) is 0 Å². The minimum atomic E-state index is 0.0115. The number of nitrogens with zero attached hydrogens (tertiary/aromatic N) is 1. The van der Waals surface area contributed by atoms with Gasteiger partial charge in [0.1, 0.15) is 0 Å². The van der Waals surface area contributed by atoms with Crippen LogP contribution in [0.1, 0.15) is 32.1 Å². The summed E-state index contributed by atoms with van der Waals surface area (Å²) in [7, 11) is 0. The smallest absolute Gasteiger partial charge is 0.158 e. The van der Waals surface area contributed by atoms with Crippen LogP contribution >= 0.6 is 0 Å². The molecule has 1 heterocycles. The van der Waals surface area contributed by atoms with Gasteiger partial charge in [-0.25, -0.2) is 0 Å². The molecular weight excluding hydrogens is 178 g/mol. The molecule has 0 aromatic heterocycles. The van der Waals surface area contributed by atoms with Gasteiger partial charge < -0.3 is 9.47 Å². The predicted octanol–water partition coefficient (Wildman–Crippen LogP) is 2.08. The first-order chi connectivity index (χ1) is 6.88. The van der Waals surface area contributed by atoms with Gasteiger partial charge >= 0.3 is 0 Å². The lowest BCUT2D eigenvalue weighted by atomic mass is 9.80. The minimum Gasteiger partial charge on any atom is -0.350 e. The molecule has 2 unspecified atom stereocenters. The Morgan fingerprint density at radius 3 is 2.71 bits per heavy atom. The lowest BCUT2D eigenvalue weighted by Gasteiger charge is -2.26.